The molecule has 0 aromatic heterocycles. The molecule has 0 unspecified atom stereocenters. The predicted molar refractivity (Wildman–Crippen MR) is 50.8 cm³/mol. The van der Waals surface area contributed by atoms with Gasteiger partial charge in [0, 0.05) is 19.0 Å². The van der Waals surface area contributed by atoms with Gasteiger partial charge >= 0.3 is 0 Å². The lowest BCUT2D eigenvalue weighted by Gasteiger charge is -2.15. The Labute approximate surface area is 82.5 Å². The van der Waals surface area contributed by atoms with Crippen LogP contribution in [0.15, 0.2) is 25.6 Å². The molecule has 0 atom stereocenters. The van der Waals surface area contributed by atoms with Crippen molar-refractivity contribution in [1.29, 1.82) is 0 Å². The first kappa shape index (κ1) is 8.99. The van der Waals surface area contributed by atoms with Gasteiger partial charge in [-0.15, -0.1) is 0 Å². The molecule has 74 valence electrons. The molecule has 2 amide bonds. The first-order valence-corrected chi connectivity index (χ1v) is 4.55. The Kier molecular flexibility index (Phi) is 1.91. The molecule has 0 radical (unpaired) electrons. The maximum Gasteiger partial charge on any atom is 0.239 e. The van der Waals surface area contributed by atoms with Gasteiger partial charge in [-0.3, -0.25) is 9.59 Å². The second-order valence-corrected chi connectivity index (χ2v) is 3.58. The molecule has 14 heavy (non-hydrogen) atoms. The molecule has 0 aromatic rings. The fourth-order valence-electron chi connectivity index (χ4n) is 2.15. The summed E-state index contributed by atoms with van der Waals surface area (Å²) in [6.07, 6.45) is 2.98. The van der Waals surface area contributed by atoms with Crippen molar-refractivity contribution in [2.75, 3.05) is 13.1 Å². The Hall–Kier alpha value is -1.58. The van der Waals surface area contributed by atoms with Crippen molar-refractivity contribution in [3.63, 3.8) is 0 Å². The van der Waals surface area contributed by atoms with E-state index >= 15 is 0 Å². The number of rotatable bonds is 2. The molecule has 2 fully saturated rings. The monoisotopic (exact) mass is 192 g/mol. The maximum atomic E-state index is 11.7. The van der Waals surface area contributed by atoms with Crippen LogP contribution in [0.4, 0.5) is 0 Å². The van der Waals surface area contributed by atoms with Crippen molar-refractivity contribution in [2.45, 2.75) is 0 Å². The molecule has 0 bridgehead atoms. The zero-order valence-corrected chi connectivity index (χ0v) is 7.85. The largest absolute Gasteiger partial charge is 0.319 e. The van der Waals surface area contributed by atoms with E-state index in [2.05, 4.69) is 13.2 Å². The van der Waals surface area contributed by atoms with Crippen LogP contribution in [-0.2, 0) is 9.59 Å². The predicted octanol–water partition coefficient (Wildman–Crippen LogP) is 0.190. The van der Waals surface area contributed by atoms with E-state index in [4.69, 9.17) is 0 Å². The Morgan fingerprint density at radius 2 is 1.50 bits per heavy atom. The van der Waals surface area contributed by atoms with Crippen LogP contribution in [0.2, 0.25) is 0 Å². The van der Waals surface area contributed by atoms with Crippen molar-refractivity contribution in [2.24, 2.45) is 11.8 Å². The second-order valence-electron chi connectivity index (χ2n) is 3.58. The molecule has 2 saturated heterocycles. The Balaban J connectivity index is 2.24. The molecule has 2 rings (SSSR count). The topological polar surface area (TPSA) is 40.6 Å². The van der Waals surface area contributed by atoms with Crippen molar-refractivity contribution in [3.8, 4) is 0 Å². The number of fused-ring (bicyclic) bond motifs is 1. The zero-order chi connectivity index (χ0) is 10.3. The highest BCUT2D eigenvalue weighted by Gasteiger charge is 2.50. The lowest BCUT2D eigenvalue weighted by molar-refractivity contribution is -0.138. The number of carbonyl (C=O) groups is 2. The normalized spacial score (nSPS) is 30.9. The summed E-state index contributed by atoms with van der Waals surface area (Å²) >= 11 is 0. The summed E-state index contributed by atoms with van der Waals surface area (Å²) in [5.74, 6) is -0.643. The van der Waals surface area contributed by atoms with E-state index in [1.165, 1.54) is 22.2 Å². The van der Waals surface area contributed by atoms with Gasteiger partial charge in [-0.1, -0.05) is 13.2 Å². The summed E-state index contributed by atoms with van der Waals surface area (Å²) < 4.78 is 0. The summed E-state index contributed by atoms with van der Waals surface area (Å²) in [5, 5.41) is 0. The van der Waals surface area contributed by atoms with Crippen LogP contribution in [0.3, 0.4) is 0 Å². The zero-order valence-electron chi connectivity index (χ0n) is 7.85. The second kappa shape index (κ2) is 2.97. The number of hydrogen-bond acceptors (Lipinski definition) is 2. The number of hydrogen-bond donors (Lipinski definition) is 0. The molecule has 0 aromatic carbocycles. The van der Waals surface area contributed by atoms with E-state index in [1.807, 2.05) is 0 Å². The van der Waals surface area contributed by atoms with Gasteiger partial charge < -0.3 is 9.80 Å². The fourth-order valence-corrected chi connectivity index (χ4v) is 2.15. The summed E-state index contributed by atoms with van der Waals surface area (Å²) in [6.45, 7) is 8.29. The SMILES string of the molecule is C=CN1CC2CN(C=C)C(=O)C2C1=O. The standard InChI is InChI=1S/C10H12N2O2/c1-3-11-5-7-6-12(4-2)10(14)8(7)9(11)13/h3-4,7-8H,1-2,5-6H2. The highest BCUT2D eigenvalue weighted by molar-refractivity contribution is 6.04. The van der Waals surface area contributed by atoms with E-state index in [9.17, 15) is 9.59 Å². The van der Waals surface area contributed by atoms with Gasteiger partial charge in [-0.05, 0) is 12.4 Å². The van der Waals surface area contributed by atoms with Gasteiger partial charge in [0.2, 0.25) is 11.8 Å². The molecule has 0 N–H and O–H groups in total. The van der Waals surface area contributed by atoms with Gasteiger partial charge in [0.15, 0.2) is 0 Å². The maximum absolute atomic E-state index is 11.7. The van der Waals surface area contributed by atoms with E-state index < -0.39 is 5.92 Å². The van der Waals surface area contributed by atoms with Gasteiger partial charge in [0.1, 0.15) is 5.92 Å². The van der Waals surface area contributed by atoms with Crippen LogP contribution in [0.1, 0.15) is 0 Å². The quantitative estimate of drug-likeness (QED) is 0.586. The van der Waals surface area contributed by atoms with E-state index in [0.29, 0.717) is 13.1 Å². The van der Waals surface area contributed by atoms with Crippen LogP contribution in [0.5, 0.6) is 0 Å². The van der Waals surface area contributed by atoms with Gasteiger partial charge in [0.05, 0.1) is 0 Å². The van der Waals surface area contributed by atoms with E-state index in [1.54, 1.807) is 0 Å². The Bertz CT molecular complexity index is 294. The van der Waals surface area contributed by atoms with Gasteiger partial charge in [-0.2, -0.15) is 0 Å². The third-order valence-corrected chi connectivity index (χ3v) is 2.87. The highest BCUT2D eigenvalue weighted by Crippen LogP contribution is 2.33. The summed E-state index contributed by atoms with van der Waals surface area (Å²) in [5.41, 5.74) is 0. The summed E-state index contributed by atoms with van der Waals surface area (Å²) in [4.78, 5) is 26.4. The van der Waals surface area contributed by atoms with Crippen LogP contribution in [0.25, 0.3) is 0 Å². The van der Waals surface area contributed by atoms with Crippen LogP contribution in [-0.4, -0.2) is 34.7 Å². The van der Waals surface area contributed by atoms with Crippen molar-refractivity contribution in [1.82, 2.24) is 9.80 Å². The van der Waals surface area contributed by atoms with Crippen molar-refractivity contribution in [3.05, 3.63) is 25.6 Å². The Morgan fingerprint density at radius 3 is 1.79 bits per heavy atom. The molecule has 2 aliphatic rings. The van der Waals surface area contributed by atoms with E-state index in [0.717, 1.165) is 0 Å². The molecule has 0 aliphatic carbocycles. The molecule has 4 nitrogen and oxygen atoms in total. The summed E-state index contributed by atoms with van der Waals surface area (Å²) in [7, 11) is 0. The lowest BCUT2D eigenvalue weighted by Crippen LogP contribution is -2.31. The van der Waals surface area contributed by atoms with Crippen LogP contribution in [0, 0.1) is 11.8 Å². The van der Waals surface area contributed by atoms with Crippen molar-refractivity contribution < 1.29 is 9.59 Å². The molecule has 2 aliphatic heterocycles. The number of likely N-dealkylation sites (tertiary alicyclic amines) is 2. The average Bonchev–Trinajstić information content (AvgIpc) is 2.65. The number of amides is 2. The fraction of sp³-hybridized carbons (Fsp3) is 0.400. The highest BCUT2D eigenvalue weighted by atomic mass is 16.2. The first-order valence-electron chi connectivity index (χ1n) is 4.55. The number of nitrogens with zero attached hydrogens (tertiary/aromatic N) is 2. The third kappa shape index (κ3) is 0.999. The molecule has 0 spiro atoms. The van der Waals surface area contributed by atoms with Crippen LogP contribution >= 0.6 is 0 Å². The summed E-state index contributed by atoms with van der Waals surface area (Å²) in [6, 6.07) is 0. The molecule has 2 heterocycles. The molecule has 0 saturated carbocycles. The minimum Gasteiger partial charge on any atom is -0.319 e. The third-order valence-electron chi connectivity index (χ3n) is 2.87. The molecule has 4 heteroatoms. The number of carbonyl (C=O) groups excluding carboxylic acids is 2. The average molecular weight is 192 g/mol. The smallest absolute Gasteiger partial charge is 0.239 e. The molecular weight excluding hydrogens is 180 g/mol. The minimum atomic E-state index is -0.494. The van der Waals surface area contributed by atoms with Gasteiger partial charge in [-0.25, -0.2) is 0 Å². The lowest BCUT2D eigenvalue weighted by atomic mass is 10.00. The van der Waals surface area contributed by atoms with Crippen molar-refractivity contribution >= 4 is 11.8 Å². The Morgan fingerprint density at radius 1 is 1.07 bits per heavy atom. The van der Waals surface area contributed by atoms with E-state index in [-0.39, 0.29) is 17.7 Å². The van der Waals surface area contributed by atoms with Crippen LogP contribution < -0.4 is 0 Å². The van der Waals surface area contributed by atoms with Gasteiger partial charge in [0.25, 0.3) is 0 Å². The first-order chi connectivity index (χ1) is 6.69. The molecular formula is C10H12N2O2. The minimum absolute atomic E-state index is 0.103.